The Labute approximate surface area is 127 Å². The summed E-state index contributed by atoms with van der Waals surface area (Å²) in [7, 11) is 1.85. The smallest absolute Gasteiger partial charge is 0.158 e. The lowest BCUT2D eigenvalue weighted by molar-refractivity contribution is 0.0765. The minimum Gasteiger partial charge on any atom is -0.379 e. The van der Waals surface area contributed by atoms with Gasteiger partial charge < -0.3 is 20.1 Å². The van der Waals surface area contributed by atoms with Gasteiger partial charge in [-0.1, -0.05) is 0 Å². The molecule has 1 heterocycles. The second-order valence-electron chi connectivity index (χ2n) is 5.00. The molecule has 120 valence electrons. The maximum Gasteiger partial charge on any atom is 0.158 e. The van der Waals surface area contributed by atoms with E-state index in [-0.39, 0.29) is 0 Å². The molecule has 0 aliphatic heterocycles. The molecule has 0 unspecified atom stereocenters. The van der Waals surface area contributed by atoms with Crippen LogP contribution < -0.4 is 10.6 Å². The number of unbranched alkanes of at least 4 members (excludes halogenated alkanes) is 1. The molecule has 0 bridgehead atoms. The molecular weight excluding hydrogens is 268 g/mol. The van der Waals surface area contributed by atoms with Crippen molar-refractivity contribution in [3.05, 3.63) is 11.9 Å². The Kier molecular flexibility index (Phi) is 8.69. The number of nitrogens with zero attached hydrogens (tertiary/aromatic N) is 2. The molecule has 0 saturated carbocycles. The van der Waals surface area contributed by atoms with Crippen LogP contribution in [-0.2, 0) is 16.1 Å². The van der Waals surface area contributed by atoms with Crippen molar-refractivity contribution in [3.8, 4) is 0 Å². The van der Waals surface area contributed by atoms with Crippen molar-refractivity contribution in [1.82, 2.24) is 9.97 Å². The summed E-state index contributed by atoms with van der Waals surface area (Å²) in [5, 5.41) is 6.36. The van der Waals surface area contributed by atoms with E-state index < -0.39 is 0 Å². The Morgan fingerprint density at radius 1 is 1.19 bits per heavy atom. The van der Waals surface area contributed by atoms with E-state index in [2.05, 4.69) is 34.4 Å². The summed E-state index contributed by atoms with van der Waals surface area (Å²) in [5.41, 5.74) is 0. The molecule has 1 aromatic heterocycles. The molecule has 0 aliphatic rings. The molecule has 0 radical (unpaired) electrons. The van der Waals surface area contributed by atoms with Gasteiger partial charge in [0.05, 0.1) is 6.10 Å². The lowest BCUT2D eigenvalue weighted by atomic mass is 10.3. The van der Waals surface area contributed by atoms with Gasteiger partial charge in [0.15, 0.2) is 5.82 Å². The maximum absolute atomic E-state index is 5.51. The highest BCUT2D eigenvalue weighted by Gasteiger charge is 2.04. The highest BCUT2D eigenvalue weighted by Crippen LogP contribution is 2.11. The highest BCUT2D eigenvalue weighted by atomic mass is 16.5. The Bertz CT molecular complexity index is 399. The first kappa shape index (κ1) is 17.7. The monoisotopic (exact) mass is 296 g/mol. The van der Waals surface area contributed by atoms with Crippen LogP contribution in [0.1, 0.15) is 39.4 Å². The number of nitrogens with one attached hydrogen (secondary N) is 2. The van der Waals surface area contributed by atoms with Gasteiger partial charge in [-0.2, -0.15) is 0 Å². The summed E-state index contributed by atoms with van der Waals surface area (Å²) in [5.74, 6) is 2.31. The number of hydrogen-bond acceptors (Lipinski definition) is 6. The SMILES string of the molecule is CCOCc1nc(NC)cc(NCCCCOC(C)C)n1. The molecule has 0 aromatic carbocycles. The molecule has 0 saturated heterocycles. The first-order chi connectivity index (χ1) is 10.2. The van der Waals surface area contributed by atoms with E-state index in [1.165, 1.54) is 0 Å². The lowest BCUT2D eigenvalue weighted by Crippen LogP contribution is -2.10. The second kappa shape index (κ2) is 10.3. The van der Waals surface area contributed by atoms with Crippen LogP contribution in [0, 0.1) is 0 Å². The van der Waals surface area contributed by atoms with Gasteiger partial charge in [0.1, 0.15) is 18.2 Å². The molecule has 2 N–H and O–H groups in total. The fourth-order valence-electron chi connectivity index (χ4n) is 1.74. The van der Waals surface area contributed by atoms with Gasteiger partial charge in [-0.05, 0) is 33.6 Å². The molecule has 0 spiro atoms. The van der Waals surface area contributed by atoms with Crippen LogP contribution in [0.2, 0.25) is 0 Å². The van der Waals surface area contributed by atoms with E-state index in [1.807, 2.05) is 20.0 Å². The zero-order valence-corrected chi connectivity index (χ0v) is 13.6. The largest absolute Gasteiger partial charge is 0.379 e. The van der Waals surface area contributed by atoms with Gasteiger partial charge in [0.2, 0.25) is 0 Å². The van der Waals surface area contributed by atoms with Gasteiger partial charge in [0.25, 0.3) is 0 Å². The van der Waals surface area contributed by atoms with Gasteiger partial charge in [-0.25, -0.2) is 9.97 Å². The molecule has 6 nitrogen and oxygen atoms in total. The number of rotatable bonds is 11. The molecule has 0 fully saturated rings. The van der Waals surface area contributed by atoms with Crippen LogP contribution in [0.4, 0.5) is 11.6 Å². The quantitative estimate of drug-likeness (QED) is 0.612. The standard InChI is InChI=1S/C15H28N4O2/c1-5-20-11-15-18-13(16-4)10-14(19-15)17-8-6-7-9-21-12(2)3/h10,12H,5-9,11H2,1-4H3,(H2,16,17,18,19). The van der Waals surface area contributed by atoms with Crippen LogP contribution in [0.25, 0.3) is 0 Å². The van der Waals surface area contributed by atoms with Crippen molar-refractivity contribution < 1.29 is 9.47 Å². The highest BCUT2D eigenvalue weighted by molar-refractivity contribution is 5.47. The fourth-order valence-corrected chi connectivity index (χ4v) is 1.74. The number of hydrogen-bond donors (Lipinski definition) is 2. The van der Waals surface area contributed by atoms with Crippen molar-refractivity contribution in [3.63, 3.8) is 0 Å². The van der Waals surface area contributed by atoms with Crippen molar-refractivity contribution >= 4 is 11.6 Å². The summed E-state index contributed by atoms with van der Waals surface area (Å²) in [6.45, 7) is 8.84. The second-order valence-corrected chi connectivity index (χ2v) is 5.00. The van der Waals surface area contributed by atoms with E-state index in [0.717, 1.165) is 37.6 Å². The normalized spacial score (nSPS) is 10.9. The molecule has 1 aromatic rings. The Morgan fingerprint density at radius 2 is 1.95 bits per heavy atom. The van der Waals surface area contributed by atoms with E-state index in [9.17, 15) is 0 Å². The summed E-state index contributed by atoms with van der Waals surface area (Å²) in [6.07, 6.45) is 2.40. The third-order valence-electron chi connectivity index (χ3n) is 2.79. The maximum atomic E-state index is 5.51. The third-order valence-corrected chi connectivity index (χ3v) is 2.79. The number of aromatic nitrogens is 2. The molecule has 1 rings (SSSR count). The van der Waals surface area contributed by atoms with Crippen LogP contribution in [0.15, 0.2) is 6.07 Å². The van der Waals surface area contributed by atoms with Crippen molar-refractivity contribution in [2.75, 3.05) is 37.4 Å². The Hall–Kier alpha value is -1.40. The van der Waals surface area contributed by atoms with Crippen molar-refractivity contribution in [2.24, 2.45) is 0 Å². The predicted molar refractivity (Wildman–Crippen MR) is 85.7 cm³/mol. The molecular formula is C15H28N4O2. The molecule has 0 aliphatic carbocycles. The number of ether oxygens (including phenoxy) is 2. The Morgan fingerprint density at radius 3 is 2.62 bits per heavy atom. The first-order valence-electron chi connectivity index (χ1n) is 7.64. The van der Waals surface area contributed by atoms with Gasteiger partial charge in [-0.3, -0.25) is 0 Å². The average molecular weight is 296 g/mol. The zero-order chi connectivity index (χ0) is 15.5. The van der Waals surface area contributed by atoms with Crippen LogP contribution in [0.3, 0.4) is 0 Å². The minimum absolute atomic E-state index is 0.305. The van der Waals surface area contributed by atoms with Crippen LogP contribution in [-0.4, -0.2) is 42.9 Å². The summed E-state index contributed by atoms with van der Waals surface area (Å²) in [6, 6.07) is 1.90. The first-order valence-corrected chi connectivity index (χ1v) is 7.64. The topological polar surface area (TPSA) is 68.3 Å². The molecule has 0 amide bonds. The summed E-state index contributed by atoms with van der Waals surface area (Å²) in [4.78, 5) is 8.81. The Balaban J connectivity index is 2.39. The molecule has 6 heteroatoms. The van der Waals surface area contributed by atoms with Gasteiger partial charge in [-0.15, -0.1) is 0 Å². The van der Waals surface area contributed by atoms with E-state index in [1.54, 1.807) is 0 Å². The van der Waals surface area contributed by atoms with E-state index >= 15 is 0 Å². The van der Waals surface area contributed by atoms with Crippen LogP contribution >= 0.6 is 0 Å². The van der Waals surface area contributed by atoms with Crippen LogP contribution in [0.5, 0.6) is 0 Å². The average Bonchev–Trinajstić information content (AvgIpc) is 2.48. The minimum atomic E-state index is 0.305. The van der Waals surface area contributed by atoms with Gasteiger partial charge >= 0.3 is 0 Å². The fraction of sp³-hybridized carbons (Fsp3) is 0.733. The summed E-state index contributed by atoms with van der Waals surface area (Å²) >= 11 is 0. The third kappa shape index (κ3) is 7.82. The molecule has 21 heavy (non-hydrogen) atoms. The predicted octanol–water partition coefficient (Wildman–Crippen LogP) is 2.67. The zero-order valence-electron chi connectivity index (χ0n) is 13.6. The molecule has 0 atom stereocenters. The van der Waals surface area contributed by atoms with Crippen molar-refractivity contribution in [1.29, 1.82) is 0 Å². The van der Waals surface area contributed by atoms with Gasteiger partial charge in [0, 0.05) is 32.9 Å². The lowest BCUT2D eigenvalue weighted by Gasteiger charge is -2.10. The van der Waals surface area contributed by atoms with Crippen molar-refractivity contribution in [2.45, 2.75) is 46.3 Å². The van der Waals surface area contributed by atoms with E-state index in [0.29, 0.717) is 25.1 Å². The number of anilines is 2. The summed E-state index contributed by atoms with van der Waals surface area (Å²) < 4.78 is 10.9. The van der Waals surface area contributed by atoms with E-state index in [4.69, 9.17) is 9.47 Å².